The van der Waals surface area contributed by atoms with Crippen molar-refractivity contribution < 1.29 is 28.2 Å². The number of allylic oxidation sites excluding steroid dienone is 2. The molecule has 49 heavy (non-hydrogen) atoms. The van der Waals surface area contributed by atoms with E-state index in [2.05, 4.69) is 60.4 Å². The van der Waals surface area contributed by atoms with Crippen LogP contribution in [0.3, 0.4) is 0 Å². The van der Waals surface area contributed by atoms with Crippen molar-refractivity contribution in [1.82, 2.24) is 4.90 Å². The third kappa shape index (κ3) is 19.4. The summed E-state index contributed by atoms with van der Waals surface area (Å²) in [5.41, 5.74) is 9.71. The number of aliphatic hydroxyl groups excluding tert-OH is 1. The molecule has 2 rings (SSSR count). The Morgan fingerprint density at radius 2 is 1.61 bits per heavy atom. The molecule has 1 fully saturated rings. The highest BCUT2D eigenvalue weighted by Crippen LogP contribution is 2.35. The van der Waals surface area contributed by atoms with Crippen LogP contribution < -0.4 is 5.73 Å². The Labute approximate surface area is 298 Å². The van der Waals surface area contributed by atoms with E-state index in [-0.39, 0.29) is 42.4 Å². The molecule has 3 unspecified atom stereocenters. The van der Waals surface area contributed by atoms with Crippen LogP contribution in [0, 0.1) is 31.6 Å². The Morgan fingerprint density at radius 1 is 1.04 bits per heavy atom. The average Bonchev–Trinajstić information content (AvgIpc) is 3.35. The monoisotopic (exact) mass is 696 g/mol. The molecule has 1 aliphatic rings. The first-order chi connectivity index (χ1) is 23.1. The number of carbonyl (C=O) groups is 2. The molecule has 0 aliphatic heterocycles. The molecule has 0 bridgehead atoms. The molecular weight excluding hydrogens is 624 g/mol. The third-order valence-corrected chi connectivity index (χ3v) is 8.75. The van der Waals surface area contributed by atoms with E-state index in [0.29, 0.717) is 17.2 Å². The number of nitrogens with two attached hydrogens (primary N) is 1. The maximum Gasteiger partial charge on any atom is 0.264 e. The lowest BCUT2D eigenvalue weighted by Crippen LogP contribution is -2.34. The van der Waals surface area contributed by atoms with Crippen molar-refractivity contribution in [1.29, 1.82) is 0 Å². The summed E-state index contributed by atoms with van der Waals surface area (Å²) in [4.78, 5) is 30.4. The molecule has 0 heterocycles. The molecule has 1 aromatic carbocycles. The van der Waals surface area contributed by atoms with Crippen LogP contribution in [0.4, 0.5) is 8.78 Å². The van der Waals surface area contributed by atoms with Crippen LogP contribution in [-0.4, -0.2) is 66.4 Å². The molecule has 0 saturated heterocycles. The lowest BCUT2D eigenvalue weighted by atomic mass is 9.95. The van der Waals surface area contributed by atoms with Crippen molar-refractivity contribution in [2.45, 2.75) is 141 Å². The molecule has 1 aliphatic carbocycles. The van der Waals surface area contributed by atoms with Crippen LogP contribution in [0.2, 0.25) is 0 Å². The fourth-order valence-corrected chi connectivity index (χ4v) is 4.99. The zero-order valence-corrected chi connectivity index (χ0v) is 33.0. The summed E-state index contributed by atoms with van der Waals surface area (Å²) >= 11 is 0. The summed E-state index contributed by atoms with van der Waals surface area (Å²) < 4.78 is 29.9. The Bertz CT molecular complexity index is 1110. The highest BCUT2D eigenvalue weighted by molar-refractivity contribution is 6.10. The van der Waals surface area contributed by atoms with E-state index in [1.807, 2.05) is 24.8 Å². The lowest BCUT2D eigenvalue weighted by Gasteiger charge is -2.20. The SMILES string of the molecule is CCC.CCC(C)CCOC(CC)CO.CCCN(CCC)C(=O)CN=C1C[C@@H](C)C(C)/C1=C(/N)C(C)=O.Cc1cccc(C(F)F)c1C. The molecule has 0 spiro atoms. The van der Waals surface area contributed by atoms with Crippen LogP contribution in [-0.2, 0) is 14.3 Å². The second kappa shape index (κ2) is 28.1. The van der Waals surface area contributed by atoms with Gasteiger partial charge in [0.25, 0.3) is 6.43 Å². The first kappa shape index (κ1) is 48.5. The Kier molecular flexibility index (Phi) is 27.8. The largest absolute Gasteiger partial charge is 0.396 e. The number of halogens is 2. The number of carbonyl (C=O) groups excluding carboxylic acids is 2. The Morgan fingerprint density at radius 3 is 2.04 bits per heavy atom. The number of ether oxygens (including phenoxy) is 1. The molecule has 284 valence electrons. The number of hydrogen-bond donors (Lipinski definition) is 2. The molecule has 4 atom stereocenters. The molecule has 1 amide bonds. The molecule has 1 saturated carbocycles. The number of aliphatic hydroxyl groups is 1. The van der Waals surface area contributed by atoms with Gasteiger partial charge in [0.1, 0.15) is 6.54 Å². The van der Waals surface area contributed by atoms with E-state index >= 15 is 0 Å². The highest BCUT2D eigenvalue weighted by Gasteiger charge is 2.33. The molecule has 7 nitrogen and oxygen atoms in total. The van der Waals surface area contributed by atoms with Crippen molar-refractivity contribution in [2.24, 2.45) is 28.5 Å². The maximum atomic E-state index is 12.4. The van der Waals surface area contributed by atoms with Crippen molar-refractivity contribution in [3.63, 3.8) is 0 Å². The van der Waals surface area contributed by atoms with Gasteiger partial charge >= 0.3 is 0 Å². The molecule has 1 aromatic rings. The first-order valence-corrected chi connectivity index (χ1v) is 18.5. The zero-order valence-electron chi connectivity index (χ0n) is 33.0. The number of ketones is 1. The lowest BCUT2D eigenvalue weighted by molar-refractivity contribution is -0.129. The molecular formula is C40H71F2N3O4. The van der Waals surface area contributed by atoms with E-state index in [1.54, 1.807) is 13.0 Å². The highest BCUT2D eigenvalue weighted by atomic mass is 19.3. The summed E-state index contributed by atoms with van der Waals surface area (Å²) in [7, 11) is 0. The summed E-state index contributed by atoms with van der Waals surface area (Å²) in [5, 5.41) is 8.82. The number of benzene rings is 1. The maximum absolute atomic E-state index is 12.4. The molecule has 3 N–H and O–H groups in total. The number of alkyl halides is 2. The number of aryl methyl sites for hydroxylation is 1. The van der Waals surface area contributed by atoms with Crippen molar-refractivity contribution in [2.75, 3.05) is 32.8 Å². The summed E-state index contributed by atoms with van der Waals surface area (Å²) in [6, 6.07) is 4.96. The van der Waals surface area contributed by atoms with Gasteiger partial charge in [-0.15, -0.1) is 0 Å². The van der Waals surface area contributed by atoms with E-state index < -0.39 is 6.43 Å². The van der Waals surface area contributed by atoms with Crippen molar-refractivity contribution >= 4 is 17.4 Å². The quantitative estimate of drug-likeness (QED) is 0.178. The van der Waals surface area contributed by atoms with Crippen LogP contribution in [0.5, 0.6) is 0 Å². The third-order valence-electron chi connectivity index (χ3n) is 8.75. The van der Waals surface area contributed by atoms with Gasteiger partial charge in [-0.3, -0.25) is 14.6 Å². The minimum absolute atomic E-state index is 0.0501. The van der Waals surface area contributed by atoms with Gasteiger partial charge in [0.15, 0.2) is 5.78 Å². The van der Waals surface area contributed by atoms with Gasteiger partial charge in [-0.25, -0.2) is 8.78 Å². The van der Waals surface area contributed by atoms with E-state index in [0.717, 1.165) is 74.6 Å². The topological polar surface area (TPSA) is 105 Å². The van der Waals surface area contributed by atoms with E-state index in [1.165, 1.54) is 25.8 Å². The van der Waals surface area contributed by atoms with Gasteiger partial charge in [-0.1, -0.05) is 93.4 Å². The van der Waals surface area contributed by atoms with Crippen LogP contribution in [0.15, 0.2) is 34.5 Å². The minimum atomic E-state index is -2.35. The molecule has 0 aromatic heterocycles. The summed E-state index contributed by atoms with van der Waals surface area (Å²) in [6.07, 6.45) is 4.82. The van der Waals surface area contributed by atoms with Crippen molar-refractivity contribution in [3.8, 4) is 0 Å². The predicted octanol–water partition coefficient (Wildman–Crippen LogP) is 9.42. The van der Waals surface area contributed by atoms with E-state index in [9.17, 15) is 18.4 Å². The zero-order chi connectivity index (χ0) is 38.1. The number of Topliss-reactive ketones (excluding diaryl/α,β-unsaturated/α-hetero) is 1. The second-order valence-corrected chi connectivity index (χ2v) is 13.2. The number of rotatable bonds is 15. The summed E-state index contributed by atoms with van der Waals surface area (Å²) in [6.45, 7) is 26.7. The van der Waals surface area contributed by atoms with Gasteiger partial charge in [0.2, 0.25) is 5.91 Å². The van der Waals surface area contributed by atoms with E-state index in [4.69, 9.17) is 15.6 Å². The second-order valence-electron chi connectivity index (χ2n) is 13.2. The van der Waals surface area contributed by atoms with Gasteiger partial charge < -0.3 is 20.5 Å². The standard InChI is InChI=1S/C18H31N3O2.C10H22O2.C9H10F2.C3H8/c1-6-8-21(9-7-2)16(23)11-20-15-10-12(3)13(4)17(15)18(19)14(5)22;1-4-9(3)6-7-12-10(5-2)8-11;1-6-4-3-5-8(7(6)2)9(10)11;1-3-2/h12-13H,6-11,19H2,1-5H3;9-11H,4-8H2,1-3H3;3-5,9H,1-2H3;3H2,1-2H3/b18-17-,20-15?;;;/t12-,13?;;;/m1.../s1. The minimum Gasteiger partial charge on any atom is -0.396 e. The number of aliphatic imine (C=N–C) groups is 1. The summed E-state index contributed by atoms with van der Waals surface area (Å²) in [5.74, 6) is 1.25. The Hall–Kier alpha value is -2.65. The average molecular weight is 696 g/mol. The number of nitrogens with zero attached hydrogens (tertiary/aromatic N) is 2. The van der Waals surface area contributed by atoms with Gasteiger partial charge in [-0.05, 0) is 74.8 Å². The smallest absolute Gasteiger partial charge is 0.264 e. The van der Waals surface area contributed by atoms with Gasteiger partial charge in [0, 0.05) is 43.5 Å². The van der Waals surface area contributed by atoms with Crippen molar-refractivity contribution in [3.05, 3.63) is 46.2 Å². The fourth-order valence-electron chi connectivity index (χ4n) is 4.99. The van der Waals surface area contributed by atoms with Crippen LogP contribution in [0.1, 0.15) is 137 Å². The van der Waals surface area contributed by atoms with Crippen LogP contribution in [0.25, 0.3) is 0 Å². The van der Waals surface area contributed by atoms with Crippen LogP contribution >= 0.6 is 0 Å². The first-order valence-electron chi connectivity index (χ1n) is 18.5. The Balaban J connectivity index is 0. The van der Waals surface area contributed by atoms with Gasteiger partial charge in [0.05, 0.1) is 18.4 Å². The van der Waals surface area contributed by atoms with Gasteiger partial charge in [-0.2, -0.15) is 0 Å². The molecule has 0 radical (unpaired) electrons. The number of hydrogen-bond acceptors (Lipinski definition) is 6. The normalized spacial score (nSPS) is 18.3. The number of amides is 1. The molecule has 9 heteroatoms. The predicted molar refractivity (Wildman–Crippen MR) is 202 cm³/mol. The fraction of sp³-hybridized carbons (Fsp3) is 0.725.